The van der Waals surface area contributed by atoms with E-state index in [1.807, 2.05) is 17.8 Å². The second kappa shape index (κ2) is 5.57. The van der Waals surface area contributed by atoms with Gasteiger partial charge in [0.05, 0.1) is 4.34 Å². The predicted molar refractivity (Wildman–Crippen MR) is 92.0 cm³/mol. The molecule has 0 amide bonds. The molecule has 0 saturated carbocycles. The van der Waals surface area contributed by atoms with Crippen molar-refractivity contribution in [2.75, 3.05) is 11.5 Å². The molecule has 0 bridgehead atoms. The molecule has 0 atom stereocenters. The summed E-state index contributed by atoms with van der Waals surface area (Å²) in [7, 11) is 0. The van der Waals surface area contributed by atoms with Crippen molar-refractivity contribution in [1.82, 2.24) is 0 Å². The van der Waals surface area contributed by atoms with Crippen LogP contribution in [-0.4, -0.2) is 11.5 Å². The Kier molecular flexibility index (Phi) is 3.96. The summed E-state index contributed by atoms with van der Waals surface area (Å²) in [5, 5.41) is 9.07. The zero-order valence-corrected chi connectivity index (χ0v) is 14.3. The van der Waals surface area contributed by atoms with Crippen LogP contribution in [0, 0.1) is 25.2 Å². The van der Waals surface area contributed by atoms with E-state index in [0.29, 0.717) is 0 Å². The van der Waals surface area contributed by atoms with Crippen molar-refractivity contribution < 1.29 is 0 Å². The van der Waals surface area contributed by atoms with Gasteiger partial charge in [0.25, 0.3) is 0 Å². The number of hydrogen-bond acceptors (Lipinski definition) is 4. The van der Waals surface area contributed by atoms with E-state index in [1.165, 1.54) is 32.0 Å². The molecule has 0 saturated heterocycles. The molecule has 3 rings (SSSR count). The normalized spacial score (nSPS) is 14.9. The minimum atomic E-state index is 0.793. The molecule has 3 heterocycles. The van der Waals surface area contributed by atoms with Crippen LogP contribution in [0.4, 0.5) is 0 Å². The molecule has 1 aliphatic rings. The van der Waals surface area contributed by atoms with E-state index in [2.05, 4.69) is 26.0 Å². The highest BCUT2D eigenvalue weighted by atomic mass is 35.5. The first-order valence-corrected chi connectivity index (χ1v) is 9.33. The highest BCUT2D eigenvalue weighted by Crippen LogP contribution is 2.43. The molecular weight excluding hydrogens is 326 g/mol. The lowest BCUT2D eigenvalue weighted by Gasteiger charge is -2.06. The molecule has 1 aliphatic heterocycles. The predicted octanol–water partition coefficient (Wildman–Crippen LogP) is 5.61. The van der Waals surface area contributed by atoms with Crippen LogP contribution in [0.15, 0.2) is 12.1 Å². The van der Waals surface area contributed by atoms with Crippen LogP contribution in [0.5, 0.6) is 0 Å². The lowest BCUT2D eigenvalue weighted by molar-refractivity contribution is 1.50. The molecule has 0 aliphatic carbocycles. The van der Waals surface area contributed by atoms with Crippen molar-refractivity contribution >= 4 is 57.2 Å². The molecule has 0 radical (unpaired) electrons. The van der Waals surface area contributed by atoms with Gasteiger partial charge in [-0.05, 0) is 48.3 Å². The lowest BCUT2D eigenvalue weighted by atomic mass is 9.98. The molecule has 2 aromatic rings. The number of rotatable bonds is 2. The maximum atomic E-state index is 9.07. The number of halogens is 1. The van der Waals surface area contributed by atoms with Gasteiger partial charge in [0.2, 0.25) is 0 Å². The van der Waals surface area contributed by atoms with E-state index in [-0.39, 0.29) is 0 Å². The van der Waals surface area contributed by atoms with Crippen LogP contribution in [0.3, 0.4) is 0 Å². The monoisotopic (exact) mass is 337 g/mol. The minimum absolute atomic E-state index is 0.793. The number of thioether (sulfide) groups is 1. The Morgan fingerprint density at radius 2 is 1.65 bits per heavy atom. The Bertz CT molecular complexity index is 746. The van der Waals surface area contributed by atoms with Crippen LogP contribution < -0.4 is 0 Å². The van der Waals surface area contributed by atoms with Crippen LogP contribution in [0.2, 0.25) is 4.34 Å². The zero-order valence-electron chi connectivity index (χ0n) is 11.1. The van der Waals surface area contributed by atoms with Crippen molar-refractivity contribution in [3.05, 3.63) is 42.2 Å². The van der Waals surface area contributed by atoms with Gasteiger partial charge < -0.3 is 0 Å². The first-order valence-electron chi connectivity index (χ1n) is 6.17. The molecule has 5 heteroatoms. The van der Waals surface area contributed by atoms with Crippen molar-refractivity contribution in [2.24, 2.45) is 0 Å². The number of thiophene rings is 2. The summed E-state index contributed by atoms with van der Waals surface area (Å²) in [5.41, 5.74) is 5.29. The second-order valence-electron chi connectivity index (χ2n) is 4.66. The topological polar surface area (TPSA) is 23.8 Å². The lowest BCUT2D eigenvalue weighted by Crippen LogP contribution is -1.90. The fourth-order valence-corrected chi connectivity index (χ4v) is 5.72. The Morgan fingerprint density at radius 3 is 2.15 bits per heavy atom. The number of aryl methyl sites for hydroxylation is 2. The summed E-state index contributed by atoms with van der Waals surface area (Å²) in [4.78, 5) is 3.30. The van der Waals surface area contributed by atoms with E-state index in [0.717, 1.165) is 20.7 Å². The highest BCUT2D eigenvalue weighted by molar-refractivity contribution is 8.00. The average molecular weight is 338 g/mol. The van der Waals surface area contributed by atoms with Crippen molar-refractivity contribution in [2.45, 2.75) is 13.8 Å². The number of hydrogen-bond donors (Lipinski definition) is 0. The summed E-state index contributed by atoms with van der Waals surface area (Å²) < 4.78 is 0.848. The van der Waals surface area contributed by atoms with Crippen molar-refractivity contribution in [3.63, 3.8) is 0 Å². The van der Waals surface area contributed by atoms with E-state index in [4.69, 9.17) is 16.9 Å². The van der Waals surface area contributed by atoms with Crippen molar-refractivity contribution in [1.29, 1.82) is 5.26 Å². The molecule has 0 N–H and O–H groups in total. The van der Waals surface area contributed by atoms with Gasteiger partial charge in [-0.25, -0.2) is 0 Å². The van der Waals surface area contributed by atoms with Crippen LogP contribution in [0.25, 0.3) is 11.1 Å². The van der Waals surface area contributed by atoms with Crippen LogP contribution >= 0.6 is 46.0 Å². The summed E-state index contributed by atoms with van der Waals surface area (Å²) in [6, 6.07) is 6.36. The fourth-order valence-electron chi connectivity index (χ4n) is 2.49. The average Bonchev–Trinajstić information content (AvgIpc) is 3.07. The molecule has 0 aromatic carbocycles. The molecule has 0 spiro atoms. The summed E-state index contributed by atoms with van der Waals surface area (Å²) in [6.45, 7) is 4.22. The summed E-state index contributed by atoms with van der Waals surface area (Å²) >= 11 is 11.3. The maximum Gasteiger partial charge on any atom is 0.110 e. The van der Waals surface area contributed by atoms with Gasteiger partial charge >= 0.3 is 0 Å². The van der Waals surface area contributed by atoms with Gasteiger partial charge in [0.1, 0.15) is 10.9 Å². The Balaban J connectivity index is 2.15. The van der Waals surface area contributed by atoms with Gasteiger partial charge in [-0.1, -0.05) is 11.6 Å². The van der Waals surface area contributed by atoms with Gasteiger partial charge in [0.15, 0.2) is 0 Å². The molecule has 20 heavy (non-hydrogen) atoms. The third kappa shape index (κ3) is 2.44. The Morgan fingerprint density at radius 1 is 1.05 bits per heavy atom. The first kappa shape index (κ1) is 14.2. The SMILES string of the molecule is Cc1sc(Cl)cc1C1=C(c2cc(C#N)sc2C)CSC1. The number of nitriles is 1. The van der Waals surface area contributed by atoms with Crippen LogP contribution in [0.1, 0.15) is 25.8 Å². The molecule has 0 fully saturated rings. The van der Waals surface area contributed by atoms with Crippen molar-refractivity contribution in [3.8, 4) is 6.07 Å². The quantitative estimate of drug-likeness (QED) is 0.711. The Hall–Kier alpha value is -0.730. The first-order chi connectivity index (χ1) is 9.60. The maximum absolute atomic E-state index is 9.07. The van der Waals surface area contributed by atoms with E-state index >= 15 is 0 Å². The van der Waals surface area contributed by atoms with Gasteiger partial charge in [0, 0.05) is 21.3 Å². The minimum Gasteiger partial charge on any atom is -0.192 e. The standard InChI is InChI=1S/C15H12ClNS3/c1-8-11(3-10(5-17)19-8)13-6-18-7-14(13)12-4-15(16)20-9(12)2/h3-4H,6-7H2,1-2H3. The molecule has 2 aromatic heterocycles. The highest BCUT2D eigenvalue weighted by Gasteiger charge is 2.23. The number of nitrogens with zero attached hydrogens (tertiary/aromatic N) is 1. The summed E-state index contributed by atoms with van der Waals surface area (Å²) in [6.07, 6.45) is 0. The van der Waals surface area contributed by atoms with E-state index < -0.39 is 0 Å². The van der Waals surface area contributed by atoms with Gasteiger partial charge in [-0.3, -0.25) is 0 Å². The summed E-state index contributed by atoms with van der Waals surface area (Å²) in [5.74, 6) is 2.05. The molecule has 1 nitrogen and oxygen atoms in total. The Labute approximate surface area is 135 Å². The van der Waals surface area contributed by atoms with E-state index in [9.17, 15) is 0 Å². The smallest absolute Gasteiger partial charge is 0.110 e. The fraction of sp³-hybridized carbons (Fsp3) is 0.267. The van der Waals surface area contributed by atoms with Gasteiger partial charge in [-0.15, -0.1) is 22.7 Å². The zero-order chi connectivity index (χ0) is 14.3. The molecule has 0 unspecified atom stereocenters. The molecular formula is C15H12ClNS3. The third-order valence-electron chi connectivity index (χ3n) is 3.42. The van der Waals surface area contributed by atoms with E-state index in [1.54, 1.807) is 22.7 Å². The molecule has 102 valence electrons. The van der Waals surface area contributed by atoms with Gasteiger partial charge in [-0.2, -0.15) is 17.0 Å². The largest absolute Gasteiger partial charge is 0.192 e. The van der Waals surface area contributed by atoms with Crippen LogP contribution in [-0.2, 0) is 0 Å². The third-order valence-corrected chi connectivity index (χ3v) is 6.54. The second-order valence-corrected chi connectivity index (χ2v) is 8.79.